The summed E-state index contributed by atoms with van der Waals surface area (Å²) in [4.78, 5) is 23.6. The van der Waals surface area contributed by atoms with Gasteiger partial charge in [0.2, 0.25) is 5.91 Å². The molecule has 3 rings (SSSR count). The van der Waals surface area contributed by atoms with Crippen molar-refractivity contribution in [2.75, 3.05) is 5.32 Å². The fraction of sp³-hybridized carbons (Fsp3) is 0.235. The predicted molar refractivity (Wildman–Crippen MR) is 87.2 cm³/mol. The molecule has 1 aromatic carbocycles. The van der Waals surface area contributed by atoms with Gasteiger partial charge in [-0.05, 0) is 37.5 Å². The summed E-state index contributed by atoms with van der Waals surface area (Å²) in [5.41, 5.74) is 6.77. The Morgan fingerprint density at radius 3 is 2.74 bits per heavy atom. The number of aromatic nitrogens is 2. The molecule has 1 aliphatic carbocycles. The summed E-state index contributed by atoms with van der Waals surface area (Å²) in [7, 11) is 0. The summed E-state index contributed by atoms with van der Waals surface area (Å²) >= 11 is 0. The SMILES string of the molecule is NC(=O)c1ccn(-c2ccccc2NC(=O)[C@H]2CC=CCC2)n1. The van der Waals surface area contributed by atoms with Crippen LogP contribution in [-0.2, 0) is 4.79 Å². The third-order valence-electron chi connectivity index (χ3n) is 3.89. The Labute approximate surface area is 134 Å². The fourth-order valence-corrected chi connectivity index (χ4v) is 2.64. The van der Waals surface area contributed by atoms with E-state index in [9.17, 15) is 9.59 Å². The number of benzene rings is 1. The van der Waals surface area contributed by atoms with Gasteiger partial charge in [-0.2, -0.15) is 5.10 Å². The lowest BCUT2D eigenvalue weighted by Gasteiger charge is -2.18. The molecule has 6 nitrogen and oxygen atoms in total. The second-order valence-electron chi connectivity index (χ2n) is 5.50. The van der Waals surface area contributed by atoms with Gasteiger partial charge in [0.15, 0.2) is 0 Å². The van der Waals surface area contributed by atoms with Crippen molar-refractivity contribution in [1.29, 1.82) is 0 Å². The molecule has 0 saturated carbocycles. The van der Waals surface area contributed by atoms with Crippen molar-refractivity contribution < 1.29 is 9.59 Å². The summed E-state index contributed by atoms with van der Waals surface area (Å²) in [5, 5.41) is 7.11. The van der Waals surface area contributed by atoms with Gasteiger partial charge >= 0.3 is 0 Å². The van der Waals surface area contributed by atoms with Gasteiger partial charge in [-0.25, -0.2) is 4.68 Å². The highest BCUT2D eigenvalue weighted by Gasteiger charge is 2.20. The first-order valence-electron chi connectivity index (χ1n) is 7.56. The van der Waals surface area contributed by atoms with E-state index in [0.717, 1.165) is 19.3 Å². The second-order valence-corrected chi connectivity index (χ2v) is 5.50. The number of nitrogens with zero attached hydrogens (tertiary/aromatic N) is 2. The van der Waals surface area contributed by atoms with Crippen molar-refractivity contribution in [3.8, 4) is 5.69 Å². The zero-order valence-electron chi connectivity index (χ0n) is 12.6. The van der Waals surface area contributed by atoms with Gasteiger partial charge in [0.1, 0.15) is 5.69 Å². The Balaban J connectivity index is 1.84. The molecule has 0 unspecified atom stereocenters. The molecule has 2 amide bonds. The van der Waals surface area contributed by atoms with Crippen LogP contribution in [-0.4, -0.2) is 21.6 Å². The Hall–Kier alpha value is -2.89. The Morgan fingerprint density at radius 1 is 1.22 bits per heavy atom. The Kier molecular flexibility index (Phi) is 4.23. The molecule has 23 heavy (non-hydrogen) atoms. The van der Waals surface area contributed by atoms with Gasteiger partial charge in [0, 0.05) is 12.1 Å². The molecule has 0 fully saturated rings. The van der Waals surface area contributed by atoms with E-state index in [-0.39, 0.29) is 17.5 Å². The van der Waals surface area contributed by atoms with E-state index >= 15 is 0 Å². The number of para-hydroxylation sites is 2. The number of hydrogen-bond donors (Lipinski definition) is 2. The van der Waals surface area contributed by atoms with Crippen LogP contribution in [0.25, 0.3) is 5.69 Å². The van der Waals surface area contributed by atoms with E-state index in [1.807, 2.05) is 30.3 Å². The lowest BCUT2D eigenvalue weighted by Crippen LogP contribution is -2.24. The molecule has 1 aliphatic rings. The topological polar surface area (TPSA) is 90.0 Å². The molecule has 1 atom stereocenters. The molecule has 1 heterocycles. The van der Waals surface area contributed by atoms with Crippen LogP contribution in [0.3, 0.4) is 0 Å². The van der Waals surface area contributed by atoms with Gasteiger partial charge in [-0.1, -0.05) is 24.3 Å². The summed E-state index contributed by atoms with van der Waals surface area (Å²) in [6, 6.07) is 8.89. The number of nitrogens with one attached hydrogen (secondary N) is 1. The molecule has 2 aromatic rings. The highest BCUT2D eigenvalue weighted by Crippen LogP contribution is 2.23. The quantitative estimate of drug-likeness (QED) is 0.849. The number of nitrogens with two attached hydrogens (primary N) is 1. The van der Waals surface area contributed by atoms with E-state index in [1.54, 1.807) is 12.3 Å². The van der Waals surface area contributed by atoms with Crippen LogP contribution in [0.4, 0.5) is 5.69 Å². The normalized spacial score (nSPS) is 17.0. The van der Waals surface area contributed by atoms with Crippen molar-refractivity contribution in [2.45, 2.75) is 19.3 Å². The zero-order valence-corrected chi connectivity index (χ0v) is 12.6. The van der Waals surface area contributed by atoms with Crippen molar-refractivity contribution in [2.24, 2.45) is 11.7 Å². The van der Waals surface area contributed by atoms with E-state index in [4.69, 9.17) is 5.73 Å². The number of carbonyl (C=O) groups is 2. The van der Waals surface area contributed by atoms with Gasteiger partial charge in [0.25, 0.3) is 5.91 Å². The van der Waals surface area contributed by atoms with Crippen LogP contribution in [0.2, 0.25) is 0 Å². The summed E-state index contributed by atoms with van der Waals surface area (Å²) in [6.45, 7) is 0. The minimum absolute atomic E-state index is 0.00378. The van der Waals surface area contributed by atoms with E-state index in [2.05, 4.69) is 16.5 Å². The van der Waals surface area contributed by atoms with Crippen molar-refractivity contribution in [3.63, 3.8) is 0 Å². The Bertz CT molecular complexity index is 763. The van der Waals surface area contributed by atoms with Gasteiger partial charge in [0.05, 0.1) is 11.4 Å². The van der Waals surface area contributed by atoms with Gasteiger partial charge in [-0.15, -0.1) is 0 Å². The number of primary amides is 1. The van der Waals surface area contributed by atoms with E-state index < -0.39 is 5.91 Å². The highest BCUT2D eigenvalue weighted by molar-refractivity contribution is 5.94. The first-order valence-corrected chi connectivity index (χ1v) is 7.56. The third-order valence-corrected chi connectivity index (χ3v) is 3.89. The molecule has 0 saturated heterocycles. The molecule has 0 radical (unpaired) electrons. The molecule has 118 valence electrons. The molecular formula is C17H18N4O2. The first kappa shape index (κ1) is 15.0. The summed E-state index contributed by atoms with van der Waals surface area (Å²) in [6.07, 6.45) is 8.36. The number of hydrogen-bond acceptors (Lipinski definition) is 3. The van der Waals surface area contributed by atoms with Crippen molar-refractivity contribution in [1.82, 2.24) is 9.78 Å². The number of rotatable bonds is 4. The first-order chi connectivity index (χ1) is 11.1. The number of amides is 2. The smallest absolute Gasteiger partial charge is 0.269 e. The minimum atomic E-state index is -0.584. The number of carbonyl (C=O) groups excluding carboxylic acids is 2. The molecule has 6 heteroatoms. The van der Waals surface area contributed by atoms with Crippen LogP contribution in [0, 0.1) is 5.92 Å². The zero-order chi connectivity index (χ0) is 16.2. The molecule has 0 spiro atoms. The fourth-order valence-electron chi connectivity index (χ4n) is 2.64. The number of allylic oxidation sites excluding steroid dienone is 2. The highest BCUT2D eigenvalue weighted by atomic mass is 16.2. The average Bonchev–Trinajstić information content (AvgIpc) is 3.06. The maximum Gasteiger partial charge on any atom is 0.269 e. The summed E-state index contributed by atoms with van der Waals surface area (Å²) < 4.78 is 1.54. The molecule has 0 bridgehead atoms. The summed E-state index contributed by atoms with van der Waals surface area (Å²) in [5.74, 6) is -0.588. The second kappa shape index (κ2) is 6.48. The number of anilines is 1. The van der Waals surface area contributed by atoms with Crippen LogP contribution in [0.5, 0.6) is 0 Å². The molecule has 3 N–H and O–H groups in total. The monoisotopic (exact) mass is 310 g/mol. The minimum Gasteiger partial charge on any atom is -0.364 e. The maximum atomic E-state index is 12.4. The maximum absolute atomic E-state index is 12.4. The van der Waals surface area contributed by atoms with Crippen LogP contribution >= 0.6 is 0 Å². The van der Waals surface area contributed by atoms with E-state index in [1.165, 1.54) is 4.68 Å². The van der Waals surface area contributed by atoms with Crippen LogP contribution in [0.1, 0.15) is 29.8 Å². The lowest BCUT2D eigenvalue weighted by molar-refractivity contribution is -0.120. The Morgan fingerprint density at radius 2 is 2.04 bits per heavy atom. The van der Waals surface area contributed by atoms with Crippen LogP contribution in [0.15, 0.2) is 48.7 Å². The van der Waals surface area contributed by atoms with Gasteiger partial charge in [-0.3, -0.25) is 9.59 Å². The molecule has 1 aromatic heterocycles. The predicted octanol–water partition coefficient (Wildman–Crippen LogP) is 2.27. The van der Waals surface area contributed by atoms with Gasteiger partial charge < -0.3 is 11.1 Å². The van der Waals surface area contributed by atoms with Crippen molar-refractivity contribution in [3.05, 3.63) is 54.4 Å². The van der Waals surface area contributed by atoms with Crippen molar-refractivity contribution >= 4 is 17.5 Å². The largest absolute Gasteiger partial charge is 0.364 e. The molecular weight excluding hydrogens is 292 g/mol. The van der Waals surface area contributed by atoms with E-state index in [0.29, 0.717) is 11.4 Å². The lowest BCUT2D eigenvalue weighted by atomic mass is 9.93. The average molecular weight is 310 g/mol. The van der Waals surface area contributed by atoms with Crippen LogP contribution < -0.4 is 11.1 Å². The third kappa shape index (κ3) is 3.31. The molecule has 0 aliphatic heterocycles. The standard InChI is InChI=1S/C17H18N4O2/c18-16(22)14-10-11-21(20-14)15-9-5-4-8-13(15)19-17(23)12-6-2-1-3-7-12/h1-2,4-5,8-12H,3,6-7H2,(H2,18,22)(H,19,23)/t12-/m0/s1.